The molecule has 0 saturated heterocycles. The van der Waals surface area contributed by atoms with Crippen LogP contribution in [0.15, 0.2) is 36.7 Å². The molecule has 2 aromatic rings. The smallest absolute Gasteiger partial charge is 0.305 e. The van der Waals surface area contributed by atoms with E-state index in [0.717, 1.165) is 44.1 Å². The molecule has 0 atom stereocenters. The average molecular weight is 428 g/mol. The maximum Gasteiger partial charge on any atom is 0.305 e. The van der Waals surface area contributed by atoms with Gasteiger partial charge in [0.15, 0.2) is 5.78 Å². The largest absolute Gasteiger partial charge is 0.507 e. The first kappa shape index (κ1) is 24.4. The number of aryl methyl sites for hydroxylation is 1. The maximum absolute atomic E-state index is 11.8. The van der Waals surface area contributed by atoms with Crippen molar-refractivity contribution in [1.82, 2.24) is 4.98 Å². The van der Waals surface area contributed by atoms with Gasteiger partial charge in [0.25, 0.3) is 0 Å². The fourth-order valence-electron chi connectivity index (χ4n) is 3.34. The van der Waals surface area contributed by atoms with Gasteiger partial charge in [0.1, 0.15) is 11.5 Å². The number of nitrogens with zero attached hydrogens (tertiary/aromatic N) is 1. The number of aromatic hydroxyl groups is 1. The van der Waals surface area contributed by atoms with E-state index in [4.69, 9.17) is 9.47 Å². The monoisotopic (exact) mass is 427 g/mol. The van der Waals surface area contributed by atoms with Crippen molar-refractivity contribution in [1.29, 1.82) is 0 Å². The minimum Gasteiger partial charge on any atom is -0.507 e. The molecule has 0 spiro atoms. The standard InChI is InChI=1S/C25H33NO5/c1-3-9-22-23(14-13-21(19(2)27)25(22)29)30-16-6-4-5-12-24(28)31-17-8-11-20-10-7-15-26-18-20/h7,10,13-15,18,29H,3-6,8-9,11-12,16-17H2,1-2H3. The number of carbonyl (C=O) groups is 2. The Morgan fingerprint density at radius 1 is 1.03 bits per heavy atom. The molecule has 168 valence electrons. The summed E-state index contributed by atoms with van der Waals surface area (Å²) in [5.41, 5.74) is 2.16. The topological polar surface area (TPSA) is 85.7 Å². The third-order valence-corrected chi connectivity index (χ3v) is 5.00. The average Bonchev–Trinajstić information content (AvgIpc) is 2.76. The Morgan fingerprint density at radius 2 is 1.87 bits per heavy atom. The molecule has 0 fully saturated rings. The van der Waals surface area contributed by atoms with Crippen molar-refractivity contribution in [2.45, 2.75) is 65.2 Å². The van der Waals surface area contributed by atoms with Gasteiger partial charge < -0.3 is 14.6 Å². The van der Waals surface area contributed by atoms with Gasteiger partial charge in [-0.25, -0.2) is 0 Å². The van der Waals surface area contributed by atoms with E-state index in [1.165, 1.54) is 6.92 Å². The molecule has 1 aromatic carbocycles. The number of carbonyl (C=O) groups excluding carboxylic acids is 2. The number of rotatable bonds is 14. The number of aromatic nitrogens is 1. The number of benzene rings is 1. The van der Waals surface area contributed by atoms with E-state index in [0.29, 0.717) is 42.9 Å². The van der Waals surface area contributed by atoms with Gasteiger partial charge in [0.05, 0.1) is 18.8 Å². The molecule has 0 aliphatic carbocycles. The molecular weight excluding hydrogens is 394 g/mol. The highest BCUT2D eigenvalue weighted by molar-refractivity contribution is 5.97. The quantitative estimate of drug-likeness (QED) is 0.258. The zero-order valence-electron chi connectivity index (χ0n) is 18.6. The molecule has 0 amide bonds. The Morgan fingerprint density at radius 3 is 2.58 bits per heavy atom. The summed E-state index contributed by atoms with van der Waals surface area (Å²) in [6, 6.07) is 7.28. The van der Waals surface area contributed by atoms with E-state index in [9.17, 15) is 14.7 Å². The number of phenols is 1. The van der Waals surface area contributed by atoms with Crippen molar-refractivity contribution in [3.8, 4) is 11.5 Å². The van der Waals surface area contributed by atoms with Crippen LogP contribution in [-0.4, -0.2) is 35.1 Å². The number of hydrogen-bond acceptors (Lipinski definition) is 6. The maximum atomic E-state index is 11.8. The molecule has 1 aromatic heterocycles. The van der Waals surface area contributed by atoms with Gasteiger partial charge in [-0.15, -0.1) is 0 Å². The molecule has 0 unspecified atom stereocenters. The fourth-order valence-corrected chi connectivity index (χ4v) is 3.34. The minimum absolute atomic E-state index is 0.0260. The van der Waals surface area contributed by atoms with E-state index >= 15 is 0 Å². The van der Waals surface area contributed by atoms with Crippen LogP contribution in [0.2, 0.25) is 0 Å². The number of Topliss-reactive ketones (excluding diaryl/α,β-unsaturated/α-hetero) is 1. The number of hydrogen-bond donors (Lipinski definition) is 1. The lowest BCUT2D eigenvalue weighted by molar-refractivity contribution is -0.143. The summed E-state index contributed by atoms with van der Waals surface area (Å²) in [5.74, 6) is 0.322. The van der Waals surface area contributed by atoms with Gasteiger partial charge >= 0.3 is 5.97 Å². The highest BCUT2D eigenvalue weighted by Gasteiger charge is 2.15. The number of esters is 1. The second kappa shape index (κ2) is 13.4. The van der Waals surface area contributed by atoms with Gasteiger partial charge in [-0.1, -0.05) is 19.4 Å². The summed E-state index contributed by atoms with van der Waals surface area (Å²) in [5, 5.41) is 10.4. The molecule has 0 saturated carbocycles. The Balaban J connectivity index is 1.62. The van der Waals surface area contributed by atoms with Gasteiger partial charge in [-0.2, -0.15) is 0 Å². The molecule has 1 N–H and O–H groups in total. The predicted octanol–water partition coefficient (Wildman–Crippen LogP) is 5.06. The van der Waals surface area contributed by atoms with Crippen molar-refractivity contribution in [2.24, 2.45) is 0 Å². The van der Waals surface area contributed by atoms with Crippen molar-refractivity contribution < 1.29 is 24.2 Å². The third kappa shape index (κ3) is 8.40. The zero-order chi connectivity index (χ0) is 22.5. The van der Waals surface area contributed by atoms with E-state index in [-0.39, 0.29) is 17.5 Å². The van der Waals surface area contributed by atoms with Gasteiger partial charge in [-0.3, -0.25) is 14.6 Å². The van der Waals surface area contributed by atoms with Crippen LogP contribution in [-0.2, 0) is 22.4 Å². The number of pyridine rings is 1. The molecule has 0 bridgehead atoms. The number of ether oxygens (including phenoxy) is 2. The van der Waals surface area contributed by atoms with Crippen LogP contribution in [0.3, 0.4) is 0 Å². The summed E-state index contributed by atoms with van der Waals surface area (Å²) in [6.07, 6.45) is 9.51. The number of ketones is 1. The second-order valence-electron chi connectivity index (χ2n) is 7.59. The Bertz CT molecular complexity index is 835. The molecule has 2 rings (SSSR count). The highest BCUT2D eigenvalue weighted by Crippen LogP contribution is 2.33. The van der Waals surface area contributed by atoms with E-state index in [1.54, 1.807) is 18.3 Å². The number of unbranched alkanes of at least 4 members (excludes halogenated alkanes) is 2. The predicted molar refractivity (Wildman–Crippen MR) is 120 cm³/mol. The van der Waals surface area contributed by atoms with Crippen LogP contribution < -0.4 is 4.74 Å². The minimum atomic E-state index is -0.165. The number of phenolic OH excluding ortho intramolecular Hbond substituents is 1. The van der Waals surface area contributed by atoms with Gasteiger partial charge in [0.2, 0.25) is 0 Å². The van der Waals surface area contributed by atoms with Crippen molar-refractivity contribution in [2.75, 3.05) is 13.2 Å². The van der Waals surface area contributed by atoms with Crippen molar-refractivity contribution >= 4 is 11.8 Å². The van der Waals surface area contributed by atoms with Crippen LogP contribution >= 0.6 is 0 Å². The Hall–Kier alpha value is -2.89. The molecule has 1 heterocycles. The zero-order valence-corrected chi connectivity index (χ0v) is 18.6. The summed E-state index contributed by atoms with van der Waals surface area (Å²) < 4.78 is 11.1. The van der Waals surface area contributed by atoms with Gasteiger partial charge in [0, 0.05) is 24.4 Å². The van der Waals surface area contributed by atoms with Crippen LogP contribution in [0.4, 0.5) is 0 Å². The molecule has 0 radical (unpaired) electrons. The van der Waals surface area contributed by atoms with Crippen LogP contribution in [0, 0.1) is 0 Å². The molecule has 6 nitrogen and oxygen atoms in total. The normalized spacial score (nSPS) is 10.6. The van der Waals surface area contributed by atoms with E-state index in [2.05, 4.69) is 4.98 Å². The first-order valence-electron chi connectivity index (χ1n) is 11.1. The van der Waals surface area contributed by atoms with E-state index < -0.39 is 0 Å². The van der Waals surface area contributed by atoms with Crippen LogP contribution in [0.25, 0.3) is 0 Å². The Kier molecular flexibility index (Phi) is 10.6. The highest BCUT2D eigenvalue weighted by atomic mass is 16.5. The SMILES string of the molecule is CCCc1c(OCCCCCC(=O)OCCCc2cccnc2)ccc(C(C)=O)c1O. The van der Waals surface area contributed by atoms with Crippen LogP contribution in [0.1, 0.15) is 73.9 Å². The lowest BCUT2D eigenvalue weighted by Crippen LogP contribution is -2.07. The Labute approximate surface area is 184 Å². The first-order valence-corrected chi connectivity index (χ1v) is 11.1. The second-order valence-corrected chi connectivity index (χ2v) is 7.59. The molecule has 6 heteroatoms. The summed E-state index contributed by atoms with van der Waals surface area (Å²) >= 11 is 0. The lowest BCUT2D eigenvalue weighted by Gasteiger charge is -2.14. The van der Waals surface area contributed by atoms with Gasteiger partial charge in [-0.05, 0) is 69.2 Å². The first-order chi connectivity index (χ1) is 15.0. The summed E-state index contributed by atoms with van der Waals surface area (Å²) in [6.45, 7) is 4.38. The van der Waals surface area contributed by atoms with Crippen LogP contribution in [0.5, 0.6) is 11.5 Å². The summed E-state index contributed by atoms with van der Waals surface area (Å²) in [7, 11) is 0. The third-order valence-electron chi connectivity index (χ3n) is 5.00. The van der Waals surface area contributed by atoms with Crippen molar-refractivity contribution in [3.63, 3.8) is 0 Å². The molecule has 31 heavy (non-hydrogen) atoms. The summed E-state index contributed by atoms with van der Waals surface area (Å²) in [4.78, 5) is 27.5. The van der Waals surface area contributed by atoms with E-state index in [1.807, 2.05) is 25.3 Å². The van der Waals surface area contributed by atoms with Crippen molar-refractivity contribution in [3.05, 3.63) is 53.3 Å². The molecule has 0 aliphatic rings. The molecular formula is C25H33NO5. The lowest BCUT2D eigenvalue weighted by atomic mass is 10.0. The fraction of sp³-hybridized carbons (Fsp3) is 0.480. The molecule has 0 aliphatic heterocycles.